The number of carbonyl (C=O) groups is 2. The molecule has 0 atom stereocenters. The van der Waals surface area contributed by atoms with E-state index in [2.05, 4.69) is 10.6 Å². The highest BCUT2D eigenvalue weighted by Gasteiger charge is 2.22. The first-order valence-corrected chi connectivity index (χ1v) is 6.97. The van der Waals surface area contributed by atoms with E-state index >= 15 is 0 Å². The topological polar surface area (TPSA) is 61.4 Å². The van der Waals surface area contributed by atoms with Gasteiger partial charge in [0.1, 0.15) is 0 Å². The molecule has 2 N–H and O–H groups in total. The molecule has 21 heavy (non-hydrogen) atoms. The van der Waals surface area contributed by atoms with Crippen LogP contribution in [0.1, 0.15) is 31.1 Å². The van der Waals surface area contributed by atoms with Crippen LogP contribution in [0.15, 0.2) is 24.3 Å². The van der Waals surface area contributed by atoms with E-state index in [0.717, 1.165) is 0 Å². The van der Waals surface area contributed by atoms with Crippen molar-refractivity contribution in [3.63, 3.8) is 0 Å². The molecule has 0 fully saturated rings. The van der Waals surface area contributed by atoms with Gasteiger partial charge in [0.2, 0.25) is 5.91 Å². The van der Waals surface area contributed by atoms with Crippen molar-refractivity contribution < 1.29 is 9.59 Å². The number of carbonyl (C=O) groups excluding carboxylic acids is 2. The van der Waals surface area contributed by atoms with Gasteiger partial charge < -0.3 is 15.5 Å². The highest BCUT2D eigenvalue weighted by Crippen LogP contribution is 2.17. The maximum atomic E-state index is 12.1. The number of thiocarbonyl (C=S) groups is 1. The van der Waals surface area contributed by atoms with Gasteiger partial charge in [0.05, 0.1) is 11.3 Å². The van der Waals surface area contributed by atoms with Crippen LogP contribution >= 0.6 is 12.2 Å². The Bertz CT molecular complexity index is 562. The van der Waals surface area contributed by atoms with Crippen molar-refractivity contribution in [3.8, 4) is 0 Å². The number of anilines is 1. The maximum Gasteiger partial charge on any atom is 0.255 e. The average molecular weight is 307 g/mol. The number of hydrogen-bond donors (Lipinski definition) is 2. The van der Waals surface area contributed by atoms with E-state index < -0.39 is 5.41 Å². The quantitative estimate of drug-likeness (QED) is 0.823. The summed E-state index contributed by atoms with van der Waals surface area (Å²) in [7, 11) is 3.36. The van der Waals surface area contributed by atoms with E-state index in [4.69, 9.17) is 12.2 Å². The fourth-order valence-corrected chi connectivity index (χ4v) is 1.67. The molecular weight excluding hydrogens is 286 g/mol. The fraction of sp³-hybridized carbons (Fsp3) is 0.400. The molecule has 0 aliphatic carbocycles. The summed E-state index contributed by atoms with van der Waals surface area (Å²) in [6.45, 7) is 5.40. The van der Waals surface area contributed by atoms with Crippen LogP contribution in [0.2, 0.25) is 0 Å². The van der Waals surface area contributed by atoms with E-state index in [9.17, 15) is 9.59 Å². The third-order valence-corrected chi connectivity index (χ3v) is 2.92. The van der Waals surface area contributed by atoms with Crippen molar-refractivity contribution in [2.45, 2.75) is 20.8 Å². The first-order valence-electron chi connectivity index (χ1n) is 6.56. The number of amides is 2. The highest BCUT2D eigenvalue weighted by molar-refractivity contribution is 7.80. The molecule has 0 spiro atoms. The van der Waals surface area contributed by atoms with Crippen LogP contribution in [0.5, 0.6) is 0 Å². The third kappa shape index (κ3) is 4.82. The van der Waals surface area contributed by atoms with Crippen molar-refractivity contribution >= 4 is 34.8 Å². The molecule has 5 nitrogen and oxygen atoms in total. The van der Waals surface area contributed by atoms with E-state index in [-0.39, 0.29) is 16.9 Å². The number of hydrogen-bond acceptors (Lipinski definition) is 3. The summed E-state index contributed by atoms with van der Waals surface area (Å²) in [5.41, 5.74) is 0.523. The van der Waals surface area contributed by atoms with Crippen molar-refractivity contribution in [2.75, 3.05) is 19.4 Å². The standard InChI is InChI=1S/C15H21N3O2S/c1-15(2,3)13(20)17-14(21)16-11-9-7-6-8-10(11)12(19)18(4)5/h6-9H,1-5H3,(H2,16,17,20,21). The Morgan fingerprint density at radius 1 is 1.14 bits per heavy atom. The van der Waals surface area contributed by atoms with E-state index in [1.165, 1.54) is 4.90 Å². The molecule has 0 aliphatic rings. The van der Waals surface area contributed by atoms with Crippen molar-refractivity contribution in [1.29, 1.82) is 0 Å². The molecule has 0 saturated heterocycles. The minimum atomic E-state index is -0.537. The molecule has 0 heterocycles. The molecule has 1 aromatic rings. The second kappa shape index (κ2) is 6.67. The molecule has 0 bridgehead atoms. The second-order valence-corrected chi connectivity index (χ2v) is 6.31. The molecular formula is C15H21N3O2S. The summed E-state index contributed by atoms with van der Waals surface area (Å²) in [6.07, 6.45) is 0. The van der Waals surface area contributed by atoms with E-state index in [1.54, 1.807) is 59.1 Å². The molecule has 0 aliphatic heterocycles. The zero-order valence-corrected chi connectivity index (χ0v) is 13.8. The van der Waals surface area contributed by atoms with Gasteiger partial charge in [0, 0.05) is 19.5 Å². The van der Waals surface area contributed by atoms with Crippen LogP contribution in [0.3, 0.4) is 0 Å². The predicted octanol–water partition coefficient (Wildman–Crippen LogP) is 2.25. The smallest absolute Gasteiger partial charge is 0.255 e. The number of benzene rings is 1. The van der Waals surface area contributed by atoms with Crippen LogP contribution < -0.4 is 10.6 Å². The summed E-state index contributed by atoms with van der Waals surface area (Å²) in [5, 5.41) is 5.70. The Kier molecular flexibility index (Phi) is 5.43. The van der Waals surface area contributed by atoms with Crippen LogP contribution in [0.25, 0.3) is 0 Å². The van der Waals surface area contributed by atoms with E-state index in [0.29, 0.717) is 11.3 Å². The number of rotatable bonds is 2. The lowest BCUT2D eigenvalue weighted by atomic mass is 9.96. The molecule has 0 saturated carbocycles. The molecule has 0 radical (unpaired) electrons. The minimum absolute atomic E-state index is 0.136. The van der Waals surface area contributed by atoms with E-state index in [1.807, 2.05) is 0 Å². The summed E-state index contributed by atoms with van der Waals surface area (Å²) in [4.78, 5) is 25.4. The Hall–Kier alpha value is -1.95. The van der Waals surface area contributed by atoms with Crippen LogP contribution in [-0.2, 0) is 4.79 Å². The van der Waals surface area contributed by atoms with Gasteiger partial charge in [-0.1, -0.05) is 32.9 Å². The Morgan fingerprint density at radius 3 is 2.24 bits per heavy atom. The normalized spacial score (nSPS) is 10.7. The van der Waals surface area contributed by atoms with Crippen LogP contribution in [0.4, 0.5) is 5.69 Å². The van der Waals surface area contributed by atoms with Crippen molar-refractivity contribution in [2.24, 2.45) is 5.41 Å². The van der Waals surface area contributed by atoms with Gasteiger partial charge in [-0.3, -0.25) is 9.59 Å². The lowest BCUT2D eigenvalue weighted by molar-refractivity contribution is -0.126. The van der Waals surface area contributed by atoms with Crippen molar-refractivity contribution in [3.05, 3.63) is 29.8 Å². The molecule has 2 amide bonds. The minimum Gasteiger partial charge on any atom is -0.345 e. The number of nitrogens with zero attached hydrogens (tertiary/aromatic N) is 1. The molecule has 114 valence electrons. The lowest BCUT2D eigenvalue weighted by Gasteiger charge is -2.20. The summed E-state index contributed by atoms with van der Waals surface area (Å²) >= 11 is 5.13. The Morgan fingerprint density at radius 2 is 1.71 bits per heavy atom. The van der Waals surface area contributed by atoms with Gasteiger partial charge in [-0.2, -0.15) is 0 Å². The van der Waals surface area contributed by atoms with Gasteiger partial charge in [-0.05, 0) is 24.4 Å². The predicted molar refractivity (Wildman–Crippen MR) is 88.3 cm³/mol. The summed E-state index contributed by atoms with van der Waals surface area (Å²) in [6, 6.07) is 7.02. The maximum absolute atomic E-state index is 12.1. The van der Waals surface area contributed by atoms with Crippen molar-refractivity contribution in [1.82, 2.24) is 10.2 Å². The summed E-state index contributed by atoms with van der Waals surface area (Å²) < 4.78 is 0. The number of para-hydroxylation sites is 1. The Labute approximate surface area is 130 Å². The van der Waals surface area contributed by atoms with Gasteiger partial charge >= 0.3 is 0 Å². The first-order chi connectivity index (χ1) is 9.62. The van der Waals surface area contributed by atoms with Gasteiger partial charge in [0.15, 0.2) is 5.11 Å². The van der Waals surface area contributed by atoms with Crippen LogP contribution in [-0.4, -0.2) is 35.9 Å². The monoisotopic (exact) mass is 307 g/mol. The first kappa shape index (κ1) is 17.1. The van der Waals surface area contributed by atoms with Gasteiger partial charge in [-0.15, -0.1) is 0 Å². The fourth-order valence-electron chi connectivity index (χ4n) is 1.46. The van der Waals surface area contributed by atoms with Gasteiger partial charge in [0.25, 0.3) is 5.91 Å². The second-order valence-electron chi connectivity index (χ2n) is 5.90. The zero-order chi connectivity index (χ0) is 16.2. The third-order valence-electron chi connectivity index (χ3n) is 2.72. The SMILES string of the molecule is CN(C)C(=O)c1ccccc1NC(=S)NC(=O)C(C)(C)C. The summed E-state index contributed by atoms with van der Waals surface area (Å²) in [5.74, 6) is -0.320. The number of nitrogens with one attached hydrogen (secondary N) is 2. The van der Waals surface area contributed by atoms with Gasteiger partial charge in [-0.25, -0.2) is 0 Å². The largest absolute Gasteiger partial charge is 0.345 e. The average Bonchev–Trinajstić information content (AvgIpc) is 2.37. The lowest BCUT2D eigenvalue weighted by Crippen LogP contribution is -2.41. The Balaban J connectivity index is 2.87. The van der Waals surface area contributed by atoms with Crippen LogP contribution in [0, 0.1) is 5.41 Å². The highest BCUT2D eigenvalue weighted by atomic mass is 32.1. The molecule has 1 aromatic carbocycles. The molecule has 1 rings (SSSR count). The zero-order valence-electron chi connectivity index (χ0n) is 13.0. The molecule has 0 aromatic heterocycles. The molecule has 0 unspecified atom stereocenters. The molecule has 6 heteroatoms.